The summed E-state index contributed by atoms with van der Waals surface area (Å²) in [5.41, 5.74) is 0.641. The first kappa shape index (κ1) is 13.8. The molecule has 0 aliphatic rings. The highest BCUT2D eigenvalue weighted by molar-refractivity contribution is 7.15. The molecule has 2 aromatic rings. The molecule has 0 fully saturated rings. The molecule has 2 rings (SSSR count). The first-order chi connectivity index (χ1) is 8.95. The number of hydrogen-bond donors (Lipinski definition) is 0. The van der Waals surface area contributed by atoms with E-state index in [1.54, 1.807) is 6.07 Å². The third kappa shape index (κ3) is 2.87. The fourth-order valence-electron chi connectivity index (χ4n) is 1.78. The Bertz CT molecular complexity index is 582. The number of aldehydes is 1. The summed E-state index contributed by atoms with van der Waals surface area (Å²) in [6.07, 6.45) is -2.81. The van der Waals surface area contributed by atoms with E-state index < -0.39 is 11.7 Å². The lowest BCUT2D eigenvalue weighted by molar-refractivity contribution is -0.137. The molecule has 0 unspecified atom stereocenters. The second-order valence-corrected chi connectivity index (χ2v) is 5.17. The lowest BCUT2D eigenvalue weighted by Gasteiger charge is -2.06. The summed E-state index contributed by atoms with van der Waals surface area (Å²) in [5, 5.41) is 0. The fraction of sp³-hybridized carbons (Fsp3) is 0.214. The summed E-state index contributed by atoms with van der Waals surface area (Å²) < 4.78 is 37.4. The van der Waals surface area contributed by atoms with Crippen molar-refractivity contribution in [3.05, 3.63) is 46.3 Å². The minimum atomic E-state index is -4.32. The van der Waals surface area contributed by atoms with Gasteiger partial charge in [-0.25, -0.2) is 0 Å². The van der Waals surface area contributed by atoms with Crippen LogP contribution in [0, 0.1) is 0 Å². The first-order valence-corrected chi connectivity index (χ1v) is 6.53. The number of benzene rings is 1. The summed E-state index contributed by atoms with van der Waals surface area (Å²) in [5.74, 6) is 0. The fourth-order valence-corrected chi connectivity index (χ4v) is 2.86. The molecule has 0 bridgehead atoms. The zero-order chi connectivity index (χ0) is 14.0. The summed E-state index contributed by atoms with van der Waals surface area (Å²) in [6, 6.07) is 6.70. The molecule has 1 aromatic heterocycles. The van der Waals surface area contributed by atoms with Gasteiger partial charge in [0.05, 0.1) is 5.56 Å². The minimum absolute atomic E-state index is 0.613. The van der Waals surface area contributed by atoms with E-state index in [9.17, 15) is 18.0 Å². The molecule has 0 radical (unpaired) electrons. The van der Waals surface area contributed by atoms with Gasteiger partial charge in [-0.2, -0.15) is 13.2 Å². The van der Waals surface area contributed by atoms with Crippen LogP contribution in [0.4, 0.5) is 13.2 Å². The Morgan fingerprint density at radius 2 is 1.84 bits per heavy atom. The average molecular weight is 284 g/mol. The van der Waals surface area contributed by atoms with Crippen LogP contribution >= 0.6 is 11.3 Å². The monoisotopic (exact) mass is 284 g/mol. The van der Waals surface area contributed by atoms with E-state index in [0.29, 0.717) is 11.1 Å². The Morgan fingerprint density at radius 1 is 1.21 bits per heavy atom. The maximum atomic E-state index is 12.5. The molecule has 5 heteroatoms. The van der Waals surface area contributed by atoms with Crippen LogP contribution in [0.15, 0.2) is 30.3 Å². The number of hydrogen-bond acceptors (Lipinski definition) is 2. The smallest absolute Gasteiger partial charge is 0.298 e. The summed E-state index contributed by atoms with van der Waals surface area (Å²) in [4.78, 5) is 12.6. The van der Waals surface area contributed by atoms with Crippen molar-refractivity contribution in [3.8, 4) is 10.4 Å². The molecule has 0 spiro atoms. The molecule has 0 aliphatic heterocycles. The predicted octanol–water partition coefficient (Wildman–Crippen LogP) is 4.81. The van der Waals surface area contributed by atoms with Crippen molar-refractivity contribution >= 4 is 17.6 Å². The number of rotatable bonds is 3. The standard InChI is InChI=1S/C14H11F3OS/c1-2-12-10(8-18)7-13(19-12)9-3-5-11(6-4-9)14(15,16)17/h3-8H,2H2,1H3. The van der Waals surface area contributed by atoms with Gasteiger partial charge in [-0.3, -0.25) is 4.79 Å². The van der Waals surface area contributed by atoms with Crippen molar-refractivity contribution in [3.63, 3.8) is 0 Å². The van der Waals surface area contributed by atoms with E-state index in [4.69, 9.17) is 0 Å². The molecule has 1 aromatic carbocycles. The Morgan fingerprint density at radius 3 is 2.26 bits per heavy atom. The average Bonchev–Trinajstić information content (AvgIpc) is 2.81. The highest BCUT2D eigenvalue weighted by Gasteiger charge is 2.30. The number of alkyl halides is 3. The Kier molecular flexibility index (Phi) is 3.75. The Labute approximate surface area is 112 Å². The molecule has 0 saturated carbocycles. The van der Waals surface area contributed by atoms with Crippen LogP contribution < -0.4 is 0 Å². The quantitative estimate of drug-likeness (QED) is 0.739. The van der Waals surface area contributed by atoms with Crippen LogP contribution in [-0.4, -0.2) is 6.29 Å². The number of carbonyl (C=O) groups excluding carboxylic acids is 1. The van der Waals surface area contributed by atoms with E-state index in [-0.39, 0.29) is 0 Å². The molecule has 0 saturated heterocycles. The number of aryl methyl sites for hydroxylation is 1. The molecule has 19 heavy (non-hydrogen) atoms. The molecular weight excluding hydrogens is 273 g/mol. The second-order valence-electron chi connectivity index (χ2n) is 4.04. The van der Waals surface area contributed by atoms with Crippen LogP contribution in [0.25, 0.3) is 10.4 Å². The van der Waals surface area contributed by atoms with Gasteiger partial charge in [-0.15, -0.1) is 11.3 Å². The third-order valence-corrected chi connectivity index (χ3v) is 4.13. The highest BCUT2D eigenvalue weighted by atomic mass is 32.1. The van der Waals surface area contributed by atoms with E-state index in [1.165, 1.54) is 23.5 Å². The van der Waals surface area contributed by atoms with E-state index in [2.05, 4.69) is 0 Å². The van der Waals surface area contributed by atoms with Gasteiger partial charge in [0, 0.05) is 15.3 Å². The second kappa shape index (κ2) is 5.17. The maximum absolute atomic E-state index is 12.5. The topological polar surface area (TPSA) is 17.1 Å². The van der Waals surface area contributed by atoms with Crippen LogP contribution in [0.3, 0.4) is 0 Å². The zero-order valence-electron chi connectivity index (χ0n) is 10.1. The van der Waals surface area contributed by atoms with Gasteiger partial charge >= 0.3 is 6.18 Å². The van der Waals surface area contributed by atoms with Crippen molar-refractivity contribution in [2.45, 2.75) is 19.5 Å². The number of thiophene rings is 1. The van der Waals surface area contributed by atoms with Gasteiger partial charge < -0.3 is 0 Å². The number of halogens is 3. The molecule has 1 heterocycles. The predicted molar refractivity (Wildman–Crippen MR) is 69.5 cm³/mol. The summed E-state index contributed by atoms with van der Waals surface area (Å²) in [7, 11) is 0. The van der Waals surface area contributed by atoms with Crippen molar-refractivity contribution < 1.29 is 18.0 Å². The summed E-state index contributed by atoms with van der Waals surface area (Å²) in [6.45, 7) is 1.94. The third-order valence-electron chi connectivity index (χ3n) is 2.79. The molecule has 0 aliphatic carbocycles. The van der Waals surface area contributed by atoms with Gasteiger partial charge in [0.1, 0.15) is 0 Å². The van der Waals surface area contributed by atoms with Gasteiger partial charge in [0.25, 0.3) is 0 Å². The minimum Gasteiger partial charge on any atom is -0.298 e. The lowest BCUT2D eigenvalue weighted by atomic mass is 10.1. The maximum Gasteiger partial charge on any atom is 0.416 e. The molecule has 0 N–H and O–H groups in total. The van der Waals surface area contributed by atoms with Gasteiger partial charge in [-0.05, 0) is 30.2 Å². The van der Waals surface area contributed by atoms with E-state index >= 15 is 0 Å². The first-order valence-electron chi connectivity index (χ1n) is 5.71. The Balaban J connectivity index is 2.37. The molecule has 0 atom stereocenters. The Hall–Kier alpha value is -1.62. The highest BCUT2D eigenvalue weighted by Crippen LogP contribution is 2.34. The van der Waals surface area contributed by atoms with Crippen molar-refractivity contribution in [2.75, 3.05) is 0 Å². The van der Waals surface area contributed by atoms with Gasteiger partial charge in [0.2, 0.25) is 0 Å². The van der Waals surface area contributed by atoms with Crippen molar-refractivity contribution in [1.29, 1.82) is 0 Å². The van der Waals surface area contributed by atoms with Crippen LogP contribution in [0.2, 0.25) is 0 Å². The van der Waals surface area contributed by atoms with Crippen LogP contribution in [0.1, 0.15) is 27.7 Å². The number of carbonyl (C=O) groups is 1. The van der Waals surface area contributed by atoms with E-state index in [0.717, 1.165) is 34.6 Å². The summed E-state index contributed by atoms with van der Waals surface area (Å²) >= 11 is 1.44. The molecule has 100 valence electrons. The largest absolute Gasteiger partial charge is 0.416 e. The normalized spacial score (nSPS) is 11.6. The molecule has 1 nitrogen and oxygen atoms in total. The van der Waals surface area contributed by atoms with Crippen LogP contribution in [-0.2, 0) is 12.6 Å². The van der Waals surface area contributed by atoms with Crippen LogP contribution in [0.5, 0.6) is 0 Å². The van der Waals surface area contributed by atoms with Gasteiger partial charge in [-0.1, -0.05) is 19.1 Å². The zero-order valence-corrected chi connectivity index (χ0v) is 10.9. The van der Waals surface area contributed by atoms with Crippen molar-refractivity contribution in [1.82, 2.24) is 0 Å². The molecular formula is C14H11F3OS. The lowest BCUT2D eigenvalue weighted by Crippen LogP contribution is -2.03. The molecule has 0 amide bonds. The van der Waals surface area contributed by atoms with E-state index in [1.807, 2.05) is 6.92 Å². The van der Waals surface area contributed by atoms with Gasteiger partial charge in [0.15, 0.2) is 6.29 Å². The van der Waals surface area contributed by atoms with Crippen molar-refractivity contribution in [2.24, 2.45) is 0 Å². The SMILES string of the molecule is CCc1sc(-c2ccc(C(F)(F)F)cc2)cc1C=O.